The van der Waals surface area contributed by atoms with Gasteiger partial charge in [-0.2, -0.15) is 0 Å². The van der Waals surface area contributed by atoms with Gasteiger partial charge in [0, 0.05) is 42.1 Å². The molecule has 1 unspecified atom stereocenters. The van der Waals surface area contributed by atoms with Crippen LogP contribution >= 0.6 is 0 Å². The first kappa shape index (κ1) is 18.3. The van der Waals surface area contributed by atoms with Gasteiger partial charge in [0.1, 0.15) is 0 Å². The fraction of sp³-hybridized carbons (Fsp3) is 0.440. The Balaban J connectivity index is 1.72. The number of fused-ring (bicyclic) bond motifs is 3. The van der Waals surface area contributed by atoms with Gasteiger partial charge in [-0.15, -0.1) is 0 Å². The van der Waals surface area contributed by atoms with Crippen molar-refractivity contribution in [1.82, 2.24) is 9.47 Å². The lowest BCUT2D eigenvalue weighted by Gasteiger charge is -2.33. The predicted molar refractivity (Wildman–Crippen MR) is 115 cm³/mol. The van der Waals surface area contributed by atoms with E-state index in [1.165, 1.54) is 40.4 Å². The molecule has 0 fully saturated rings. The Kier molecular flexibility index (Phi) is 5.10. The Morgan fingerprint density at radius 3 is 2.59 bits per heavy atom. The van der Waals surface area contributed by atoms with Crippen molar-refractivity contribution >= 4 is 10.9 Å². The summed E-state index contributed by atoms with van der Waals surface area (Å²) in [5.41, 5.74) is 8.88. The minimum atomic E-state index is 0.626. The third-order valence-electron chi connectivity index (χ3n) is 6.30. The fourth-order valence-corrected chi connectivity index (χ4v) is 4.94. The summed E-state index contributed by atoms with van der Waals surface area (Å²) in [4.78, 5) is 2.62. The molecule has 2 nitrogen and oxygen atoms in total. The first-order chi connectivity index (χ1) is 13.1. The molecule has 2 heteroatoms. The summed E-state index contributed by atoms with van der Waals surface area (Å²) < 4.78 is 2.65. The van der Waals surface area contributed by atoms with E-state index >= 15 is 0 Å². The largest absolute Gasteiger partial charge is 0.344 e. The summed E-state index contributed by atoms with van der Waals surface area (Å²) >= 11 is 0. The van der Waals surface area contributed by atoms with E-state index in [1.54, 1.807) is 11.3 Å². The van der Waals surface area contributed by atoms with E-state index in [-0.39, 0.29) is 0 Å². The zero-order chi connectivity index (χ0) is 19.0. The second kappa shape index (κ2) is 7.52. The van der Waals surface area contributed by atoms with E-state index in [0.717, 1.165) is 26.1 Å². The molecule has 0 N–H and O–H groups in total. The Morgan fingerprint density at radius 2 is 1.85 bits per heavy atom. The number of rotatable bonds is 5. The van der Waals surface area contributed by atoms with Crippen molar-refractivity contribution in [3.8, 4) is 0 Å². The SMILES string of the molecule is CCN1Cc2c(n(CCCc3ccccc3)c3cc(C)cc(C)c23)CC1C. The van der Waals surface area contributed by atoms with Crippen molar-refractivity contribution in [3.63, 3.8) is 0 Å². The molecule has 0 bridgehead atoms. The lowest BCUT2D eigenvalue weighted by Crippen LogP contribution is -2.38. The summed E-state index contributed by atoms with van der Waals surface area (Å²) in [5, 5.41) is 1.51. The molecule has 1 aromatic heterocycles. The minimum absolute atomic E-state index is 0.626. The van der Waals surface area contributed by atoms with Crippen LogP contribution in [-0.4, -0.2) is 22.1 Å². The van der Waals surface area contributed by atoms with Crippen LogP contribution in [0.25, 0.3) is 10.9 Å². The molecular weight excluding hydrogens is 328 g/mol. The highest BCUT2D eigenvalue weighted by Gasteiger charge is 2.28. The van der Waals surface area contributed by atoms with E-state index in [1.807, 2.05) is 0 Å². The van der Waals surface area contributed by atoms with Gasteiger partial charge < -0.3 is 4.57 Å². The zero-order valence-corrected chi connectivity index (χ0v) is 17.3. The number of aromatic nitrogens is 1. The summed E-state index contributed by atoms with van der Waals surface area (Å²) in [7, 11) is 0. The molecule has 1 aliphatic heterocycles. The maximum absolute atomic E-state index is 2.65. The van der Waals surface area contributed by atoms with Gasteiger partial charge in [0.15, 0.2) is 0 Å². The number of likely N-dealkylation sites (N-methyl/N-ethyl adjacent to an activating group) is 1. The highest BCUT2D eigenvalue weighted by molar-refractivity contribution is 5.89. The first-order valence-electron chi connectivity index (χ1n) is 10.5. The maximum atomic E-state index is 2.65. The van der Waals surface area contributed by atoms with Crippen molar-refractivity contribution in [3.05, 3.63) is 70.4 Å². The van der Waals surface area contributed by atoms with Crippen LogP contribution in [0, 0.1) is 13.8 Å². The van der Waals surface area contributed by atoms with Crippen LogP contribution in [-0.2, 0) is 25.9 Å². The summed E-state index contributed by atoms with van der Waals surface area (Å²) in [6, 6.07) is 16.3. The van der Waals surface area contributed by atoms with Crippen LogP contribution < -0.4 is 0 Å². The highest BCUT2D eigenvalue weighted by atomic mass is 15.2. The second-order valence-corrected chi connectivity index (χ2v) is 8.26. The van der Waals surface area contributed by atoms with Crippen molar-refractivity contribution in [1.29, 1.82) is 0 Å². The molecule has 0 saturated heterocycles. The molecule has 0 saturated carbocycles. The molecule has 0 spiro atoms. The molecule has 27 heavy (non-hydrogen) atoms. The molecule has 1 atom stereocenters. The summed E-state index contributed by atoms with van der Waals surface area (Å²) in [6.07, 6.45) is 3.51. The van der Waals surface area contributed by atoms with Gasteiger partial charge >= 0.3 is 0 Å². The molecule has 0 amide bonds. The van der Waals surface area contributed by atoms with Crippen LogP contribution in [0.15, 0.2) is 42.5 Å². The number of hydrogen-bond acceptors (Lipinski definition) is 1. The molecule has 3 aromatic rings. The third-order valence-corrected chi connectivity index (χ3v) is 6.30. The fourth-order valence-electron chi connectivity index (χ4n) is 4.94. The molecule has 142 valence electrons. The van der Waals surface area contributed by atoms with E-state index in [0.29, 0.717) is 6.04 Å². The topological polar surface area (TPSA) is 8.17 Å². The van der Waals surface area contributed by atoms with Gasteiger partial charge in [-0.1, -0.05) is 43.3 Å². The van der Waals surface area contributed by atoms with E-state index in [9.17, 15) is 0 Å². The Labute approximate surface area is 163 Å². The van der Waals surface area contributed by atoms with Gasteiger partial charge in [-0.25, -0.2) is 0 Å². The quantitative estimate of drug-likeness (QED) is 0.570. The van der Waals surface area contributed by atoms with Crippen LogP contribution in [0.2, 0.25) is 0 Å². The summed E-state index contributed by atoms with van der Waals surface area (Å²) in [5.74, 6) is 0. The standard InChI is InChI=1S/C25H32N2/c1-5-26-17-22-23(16-20(26)4)27(13-9-12-21-10-7-6-8-11-21)24-15-18(2)14-19(3)25(22)24/h6-8,10-11,14-15,20H,5,9,12-13,16-17H2,1-4H3. The Hall–Kier alpha value is -2.06. The number of aryl methyl sites for hydroxylation is 4. The number of nitrogens with zero attached hydrogens (tertiary/aromatic N) is 2. The van der Waals surface area contributed by atoms with E-state index < -0.39 is 0 Å². The van der Waals surface area contributed by atoms with Crippen molar-refractivity contribution < 1.29 is 0 Å². The maximum Gasteiger partial charge on any atom is 0.0491 e. The first-order valence-corrected chi connectivity index (χ1v) is 10.5. The van der Waals surface area contributed by atoms with Gasteiger partial charge in [0.05, 0.1) is 0 Å². The van der Waals surface area contributed by atoms with E-state index in [2.05, 4.69) is 79.6 Å². The van der Waals surface area contributed by atoms with E-state index in [4.69, 9.17) is 0 Å². The normalized spacial score (nSPS) is 17.4. The van der Waals surface area contributed by atoms with Gasteiger partial charge in [-0.05, 0) is 68.5 Å². The smallest absolute Gasteiger partial charge is 0.0491 e. The van der Waals surface area contributed by atoms with Crippen LogP contribution in [0.4, 0.5) is 0 Å². The summed E-state index contributed by atoms with van der Waals surface area (Å²) in [6.45, 7) is 12.5. The Morgan fingerprint density at radius 1 is 1.07 bits per heavy atom. The van der Waals surface area contributed by atoms with Gasteiger partial charge in [0.25, 0.3) is 0 Å². The third kappa shape index (κ3) is 3.43. The van der Waals surface area contributed by atoms with Crippen LogP contribution in [0.3, 0.4) is 0 Å². The average Bonchev–Trinajstić information content (AvgIpc) is 2.95. The molecule has 4 rings (SSSR count). The molecule has 0 aliphatic carbocycles. The highest BCUT2D eigenvalue weighted by Crippen LogP contribution is 2.35. The second-order valence-electron chi connectivity index (χ2n) is 8.26. The molecule has 0 radical (unpaired) electrons. The lowest BCUT2D eigenvalue weighted by molar-refractivity contribution is 0.192. The number of benzene rings is 2. The van der Waals surface area contributed by atoms with Crippen LogP contribution in [0.1, 0.15) is 48.2 Å². The number of hydrogen-bond donors (Lipinski definition) is 0. The van der Waals surface area contributed by atoms with Crippen molar-refractivity contribution in [2.75, 3.05) is 6.54 Å². The van der Waals surface area contributed by atoms with Gasteiger partial charge in [-0.3, -0.25) is 4.90 Å². The Bertz CT molecular complexity index is 936. The van der Waals surface area contributed by atoms with Crippen molar-refractivity contribution in [2.45, 2.75) is 66.1 Å². The monoisotopic (exact) mass is 360 g/mol. The molecular formula is C25H32N2. The predicted octanol–water partition coefficient (Wildman–Crippen LogP) is 5.66. The minimum Gasteiger partial charge on any atom is -0.344 e. The van der Waals surface area contributed by atoms with Gasteiger partial charge in [0.2, 0.25) is 0 Å². The molecule has 2 heterocycles. The molecule has 2 aromatic carbocycles. The van der Waals surface area contributed by atoms with Crippen LogP contribution in [0.5, 0.6) is 0 Å². The zero-order valence-electron chi connectivity index (χ0n) is 17.3. The lowest BCUT2D eigenvalue weighted by atomic mass is 9.97. The van der Waals surface area contributed by atoms with Crippen molar-refractivity contribution in [2.24, 2.45) is 0 Å². The molecule has 1 aliphatic rings. The average molecular weight is 361 g/mol.